The van der Waals surface area contributed by atoms with E-state index in [4.69, 9.17) is 20.9 Å². The van der Waals surface area contributed by atoms with E-state index in [-0.39, 0.29) is 17.1 Å². The maximum Gasteiger partial charge on any atom is 0.248 e. The zero-order valence-electron chi connectivity index (χ0n) is 10.7. The van der Waals surface area contributed by atoms with Gasteiger partial charge in [-0.2, -0.15) is 0 Å². The standard InChI is InChI=1S/C14H13FN2O3/c1-19-10-4-8(14(17)18)5-11(7-10)20-13-3-2-9(16)6-12(13)15/h2-7H,16H2,1H3,(H2,17,18). The first kappa shape index (κ1) is 13.7. The number of amides is 1. The molecule has 0 aromatic heterocycles. The number of ether oxygens (including phenoxy) is 2. The summed E-state index contributed by atoms with van der Waals surface area (Å²) in [6.45, 7) is 0. The van der Waals surface area contributed by atoms with Crippen LogP contribution in [0.1, 0.15) is 10.4 Å². The zero-order chi connectivity index (χ0) is 14.7. The SMILES string of the molecule is COc1cc(Oc2ccc(N)cc2F)cc(C(N)=O)c1. The molecule has 0 aliphatic heterocycles. The van der Waals surface area contributed by atoms with Gasteiger partial charge >= 0.3 is 0 Å². The van der Waals surface area contributed by atoms with Gasteiger partial charge in [-0.15, -0.1) is 0 Å². The normalized spacial score (nSPS) is 10.1. The summed E-state index contributed by atoms with van der Waals surface area (Å²) < 4.78 is 24.1. The number of rotatable bonds is 4. The fourth-order valence-electron chi connectivity index (χ4n) is 1.62. The van der Waals surface area contributed by atoms with E-state index in [0.29, 0.717) is 11.4 Å². The molecule has 0 bridgehead atoms. The number of carbonyl (C=O) groups is 1. The van der Waals surface area contributed by atoms with Crippen molar-refractivity contribution in [3.05, 3.63) is 47.8 Å². The van der Waals surface area contributed by atoms with Crippen LogP contribution in [0.15, 0.2) is 36.4 Å². The molecule has 0 aliphatic rings. The summed E-state index contributed by atoms with van der Waals surface area (Å²) in [6, 6.07) is 8.43. The van der Waals surface area contributed by atoms with E-state index in [2.05, 4.69) is 0 Å². The number of hydrogen-bond acceptors (Lipinski definition) is 4. The number of benzene rings is 2. The summed E-state index contributed by atoms with van der Waals surface area (Å²) in [4.78, 5) is 11.2. The number of methoxy groups -OCH3 is 1. The molecule has 0 unspecified atom stereocenters. The predicted molar refractivity (Wildman–Crippen MR) is 72.4 cm³/mol. The van der Waals surface area contributed by atoms with Crippen molar-refractivity contribution in [2.75, 3.05) is 12.8 Å². The van der Waals surface area contributed by atoms with Crippen LogP contribution in [-0.2, 0) is 0 Å². The minimum Gasteiger partial charge on any atom is -0.497 e. The smallest absolute Gasteiger partial charge is 0.248 e. The topological polar surface area (TPSA) is 87.6 Å². The molecule has 0 fully saturated rings. The van der Waals surface area contributed by atoms with Gasteiger partial charge in [0.1, 0.15) is 11.5 Å². The van der Waals surface area contributed by atoms with Gasteiger partial charge in [-0.05, 0) is 24.3 Å². The number of nitrogens with two attached hydrogens (primary N) is 2. The quantitative estimate of drug-likeness (QED) is 0.839. The van der Waals surface area contributed by atoms with Crippen molar-refractivity contribution in [2.24, 2.45) is 5.73 Å². The van der Waals surface area contributed by atoms with Crippen LogP contribution >= 0.6 is 0 Å². The highest BCUT2D eigenvalue weighted by atomic mass is 19.1. The Bertz CT molecular complexity index is 659. The Morgan fingerprint density at radius 1 is 1.15 bits per heavy atom. The summed E-state index contributed by atoms with van der Waals surface area (Å²) in [5.41, 5.74) is 11.2. The molecule has 4 N–H and O–H groups in total. The van der Waals surface area contributed by atoms with E-state index in [9.17, 15) is 9.18 Å². The molecule has 2 aromatic carbocycles. The van der Waals surface area contributed by atoms with Gasteiger partial charge in [0.25, 0.3) is 0 Å². The number of nitrogen functional groups attached to an aromatic ring is 1. The van der Waals surface area contributed by atoms with E-state index in [1.807, 2.05) is 0 Å². The molecule has 104 valence electrons. The largest absolute Gasteiger partial charge is 0.497 e. The van der Waals surface area contributed by atoms with E-state index >= 15 is 0 Å². The van der Waals surface area contributed by atoms with Crippen LogP contribution in [0, 0.1) is 5.82 Å². The molecule has 1 amide bonds. The molecule has 2 aromatic rings. The van der Waals surface area contributed by atoms with E-state index < -0.39 is 11.7 Å². The summed E-state index contributed by atoms with van der Waals surface area (Å²) >= 11 is 0. The van der Waals surface area contributed by atoms with Crippen LogP contribution in [0.3, 0.4) is 0 Å². The Balaban J connectivity index is 2.37. The maximum absolute atomic E-state index is 13.6. The second kappa shape index (κ2) is 5.48. The van der Waals surface area contributed by atoms with E-state index in [1.165, 1.54) is 37.4 Å². The number of primary amides is 1. The third-order valence-corrected chi connectivity index (χ3v) is 2.58. The van der Waals surface area contributed by atoms with Gasteiger partial charge in [0.05, 0.1) is 7.11 Å². The van der Waals surface area contributed by atoms with Crippen molar-refractivity contribution in [1.82, 2.24) is 0 Å². The molecule has 0 saturated heterocycles. The minimum atomic E-state index is -0.633. The molecule has 20 heavy (non-hydrogen) atoms. The minimum absolute atomic E-state index is 0.0112. The average Bonchev–Trinajstić information content (AvgIpc) is 2.41. The first-order valence-electron chi connectivity index (χ1n) is 5.71. The lowest BCUT2D eigenvalue weighted by molar-refractivity contribution is 0.0999. The van der Waals surface area contributed by atoms with Crippen LogP contribution in [-0.4, -0.2) is 13.0 Å². The number of anilines is 1. The molecular weight excluding hydrogens is 263 g/mol. The summed E-state index contributed by atoms with van der Waals surface area (Å²) in [5.74, 6) is -0.628. The molecule has 0 heterocycles. The predicted octanol–water partition coefficient (Wildman–Crippen LogP) is 2.31. The molecule has 0 radical (unpaired) electrons. The lowest BCUT2D eigenvalue weighted by Crippen LogP contribution is -2.11. The number of halogens is 1. The zero-order valence-corrected chi connectivity index (χ0v) is 10.7. The van der Waals surface area contributed by atoms with Gasteiger partial charge in [-0.1, -0.05) is 0 Å². The van der Waals surface area contributed by atoms with Gasteiger partial charge < -0.3 is 20.9 Å². The summed E-state index contributed by atoms with van der Waals surface area (Å²) in [6.07, 6.45) is 0. The van der Waals surface area contributed by atoms with Crippen molar-refractivity contribution in [1.29, 1.82) is 0 Å². The van der Waals surface area contributed by atoms with Crippen LogP contribution in [0.4, 0.5) is 10.1 Å². The van der Waals surface area contributed by atoms with Crippen LogP contribution in [0.25, 0.3) is 0 Å². The third-order valence-electron chi connectivity index (χ3n) is 2.58. The summed E-state index contributed by atoms with van der Waals surface area (Å²) in [5, 5.41) is 0. The van der Waals surface area contributed by atoms with Crippen molar-refractivity contribution >= 4 is 11.6 Å². The lowest BCUT2D eigenvalue weighted by atomic mass is 10.2. The highest BCUT2D eigenvalue weighted by Crippen LogP contribution is 2.29. The van der Waals surface area contributed by atoms with Crippen LogP contribution in [0.2, 0.25) is 0 Å². The number of hydrogen-bond donors (Lipinski definition) is 2. The molecule has 0 atom stereocenters. The van der Waals surface area contributed by atoms with Crippen LogP contribution in [0.5, 0.6) is 17.2 Å². The Kier molecular flexibility index (Phi) is 3.74. The van der Waals surface area contributed by atoms with Crippen LogP contribution < -0.4 is 20.9 Å². The Morgan fingerprint density at radius 3 is 2.45 bits per heavy atom. The van der Waals surface area contributed by atoms with Gasteiger partial charge in [0, 0.05) is 23.4 Å². The number of carbonyl (C=O) groups excluding carboxylic acids is 1. The molecular formula is C14H13FN2O3. The van der Waals surface area contributed by atoms with Crippen molar-refractivity contribution in [3.63, 3.8) is 0 Å². The molecule has 0 saturated carbocycles. The Hall–Kier alpha value is -2.76. The first-order valence-corrected chi connectivity index (χ1v) is 5.71. The molecule has 0 spiro atoms. The van der Waals surface area contributed by atoms with Gasteiger partial charge in [0.15, 0.2) is 11.6 Å². The van der Waals surface area contributed by atoms with E-state index in [0.717, 1.165) is 6.07 Å². The lowest BCUT2D eigenvalue weighted by Gasteiger charge is -2.10. The van der Waals surface area contributed by atoms with E-state index in [1.54, 1.807) is 0 Å². The maximum atomic E-state index is 13.6. The van der Waals surface area contributed by atoms with Gasteiger partial charge in [-0.3, -0.25) is 4.79 Å². The van der Waals surface area contributed by atoms with Gasteiger partial charge in [0.2, 0.25) is 5.91 Å². The fourth-order valence-corrected chi connectivity index (χ4v) is 1.62. The molecule has 2 rings (SSSR count). The highest BCUT2D eigenvalue weighted by Gasteiger charge is 2.10. The Labute approximate surface area is 114 Å². The summed E-state index contributed by atoms with van der Waals surface area (Å²) in [7, 11) is 1.44. The Morgan fingerprint density at radius 2 is 1.85 bits per heavy atom. The molecule has 0 aliphatic carbocycles. The third kappa shape index (κ3) is 2.97. The second-order valence-electron chi connectivity index (χ2n) is 4.05. The second-order valence-corrected chi connectivity index (χ2v) is 4.05. The molecule has 5 nitrogen and oxygen atoms in total. The first-order chi connectivity index (χ1) is 9.49. The van der Waals surface area contributed by atoms with Crippen molar-refractivity contribution in [3.8, 4) is 17.2 Å². The van der Waals surface area contributed by atoms with Crippen molar-refractivity contribution < 1.29 is 18.7 Å². The highest BCUT2D eigenvalue weighted by molar-refractivity contribution is 5.93. The van der Waals surface area contributed by atoms with Gasteiger partial charge in [-0.25, -0.2) is 4.39 Å². The molecule has 6 heteroatoms. The van der Waals surface area contributed by atoms with Crippen molar-refractivity contribution in [2.45, 2.75) is 0 Å². The monoisotopic (exact) mass is 276 g/mol. The fraction of sp³-hybridized carbons (Fsp3) is 0.0714. The average molecular weight is 276 g/mol.